The first-order valence-corrected chi connectivity index (χ1v) is 9.94. The Morgan fingerprint density at radius 1 is 1.11 bits per heavy atom. The van der Waals surface area contributed by atoms with E-state index in [1.54, 1.807) is 0 Å². The normalized spacial score (nSPS) is 15.6. The zero-order valence-corrected chi connectivity index (χ0v) is 16.6. The molecule has 152 valence electrons. The summed E-state index contributed by atoms with van der Waals surface area (Å²) >= 11 is 0. The molecular formula is C19H29N7O2. The number of aryl methyl sites for hydroxylation is 1. The van der Waals surface area contributed by atoms with Crippen LogP contribution in [0.3, 0.4) is 0 Å². The number of nitrogen functional groups attached to an aromatic ring is 1. The molecule has 9 nitrogen and oxygen atoms in total. The topological polar surface area (TPSA) is 102 Å². The number of hydrogen-bond acceptors (Lipinski definition) is 6. The van der Waals surface area contributed by atoms with Gasteiger partial charge in [-0.25, -0.2) is 4.79 Å². The Bertz CT molecular complexity index is 835. The molecule has 0 bridgehead atoms. The van der Waals surface area contributed by atoms with Gasteiger partial charge in [0.1, 0.15) is 0 Å². The van der Waals surface area contributed by atoms with Gasteiger partial charge < -0.3 is 15.5 Å². The van der Waals surface area contributed by atoms with Crippen LogP contribution in [0.4, 0.5) is 11.4 Å². The van der Waals surface area contributed by atoms with Crippen LogP contribution in [-0.4, -0.2) is 56.3 Å². The largest absolute Gasteiger partial charge is 0.399 e. The number of nitrogens with two attached hydrogens (primary N) is 1. The van der Waals surface area contributed by atoms with Gasteiger partial charge >= 0.3 is 5.69 Å². The van der Waals surface area contributed by atoms with Crippen LogP contribution in [0.1, 0.15) is 33.1 Å². The molecule has 2 heterocycles. The molecule has 28 heavy (non-hydrogen) atoms. The van der Waals surface area contributed by atoms with E-state index in [1.807, 2.05) is 43.0 Å². The van der Waals surface area contributed by atoms with Gasteiger partial charge in [0.05, 0.1) is 6.54 Å². The van der Waals surface area contributed by atoms with Crippen molar-refractivity contribution in [3.05, 3.63) is 34.7 Å². The zero-order chi connectivity index (χ0) is 20.1. The first kappa shape index (κ1) is 20.1. The zero-order valence-electron chi connectivity index (χ0n) is 16.6. The van der Waals surface area contributed by atoms with Crippen LogP contribution in [-0.2, 0) is 17.9 Å². The molecule has 2 N–H and O–H groups in total. The van der Waals surface area contributed by atoms with Crippen LogP contribution in [0.15, 0.2) is 29.1 Å². The number of piperidine rings is 1. The van der Waals surface area contributed by atoms with Crippen LogP contribution >= 0.6 is 0 Å². The minimum absolute atomic E-state index is 0.131. The van der Waals surface area contributed by atoms with Crippen molar-refractivity contribution in [2.75, 3.05) is 30.3 Å². The summed E-state index contributed by atoms with van der Waals surface area (Å²) < 4.78 is 2.77. The Hall–Kier alpha value is -2.68. The van der Waals surface area contributed by atoms with Crippen LogP contribution in [0.2, 0.25) is 0 Å². The number of rotatable bonds is 7. The Labute approximate surface area is 164 Å². The third-order valence-electron chi connectivity index (χ3n) is 5.29. The first-order chi connectivity index (χ1) is 13.5. The van der Waals surface area contributed by atoms with E-state index in [4.69, 9.17) is 5.73 Å². The summed E-state index contributed by atoms with van der Waals surface area (Å²) in [5.41, 5.74) is 7.22. The summed E-state index contributed by atoms with van der Waals surface area (Å²) in [5.74, 6) is 0.131. The van der Waals surface area contributed by atoms with Gasteiger partial charge in [-0.15, -0.1) is 0 Å². The standard InChI is InChI=1S/C19H29N7O2/c1-3-18(27)26(16-7-5-15(20)6-8-16)17-9-11-23(12-10-17)13-14-25-19(28)24(4-2)21-22-25/h5-8,17H,3-4,9-14,20H2,1-2H3. The number of tetrazole rings is 1. The number of carbonyl (C=O) groups excluding carboxylic acids is 1. The molecule has 0 unspecified atom stereocenters. The van der Waals surface area contributed by atoms with Gasteiger partial charge in [0.15, 0.2) is 0 Å². The summed E-state index contributed by atoms with van der Waals surface area (Å²) in [7, 11) is 0. The molecule has 2 aromatic rings. The minimum atomic E-state index is -0.166. The van der Waals surface area contributed by atoms with E-state index in [-0.39, 0.29) is 17.6 Å². The summed E-state index contributed by atoms with van der Waals surface area (Å²) in [5, 5.41) is 7.77. The molecule has 0 aliphatic carbocycles. The van der Waals surface area contributed by atoms with Crippen molar-refractivity contribution in [2.45, 2.75) is 52.2 Å². The van der Waals surface area contributed by atoms with Gasteiger partial charge in [-0.05, 0) is 54.5 Å². The molecule has 1 aromatic heterocycles. The molecule has 1 saturated heterocycles. The highest BCUT2D eigenvalue weighted by atomic mass is 16.2. The molecule has 3 rings (SSSR count). The lowest BCUT2D eigenvalue weighted by molar-refractivity contribution is -0.119. The van der Waals surface area contributed by atoms with E-state index in [0.29, 0.717) is 25.2 Å². The molecule has 1 aliphatic heterocycles. The molecule has 0 atom stereocenters. The fourth-order valence-corrected chi connectivity index (χ4v) is 3.65. The third-order valence-corrected chi connectivity index (χ3v) is 5.29. The van der Waals surface area contributed by atoms with Crippen molar-refractivity contribution in [1.82, 2.24) is 24.7 Å². The summed E-state index contributed by atoms with van der Waals surface area (Å²) in [6.45, 7) is 7.32. The Morgan fingerprint density at radius 3 is 2.32 bits per heavy atom. The summed E-state index contributed by atoms with van der Waals surface area (Å²) in [4.78, 5) is 28.9. The summed E-state index contributed by atoms with van der Waals surface area (Å²) in [6.07, 6.45) is 2.26. The maximum absolute atomic E-state index is 12.6. The van der Waals surface area contributed by atoms with Crippen LogP contribution in [0, 0.1) is 0 Å². The molecule has 1 fully saturated rings. The number of nitrogens with zero attached hydrogens (tertiary/aromatic N) is 6. The second-order valence-electron chi connectivity index (χ2n) is 7.08. The van der Waals surface area contributed by atoms with E-state index < -0.39 is 0 Å². The molecule has 1 amide bonds. The van der Waals surface area contributed by atoms with Gasteiger partial charge in [-0.3, -0.25) is 4.79 Å². The number of anilines is 2. The Kier molecular flexibility index (Phi) is 6.45. The van der Waals surface area contributed by atoms with Crippen LogP contribution in [0.25, 0.3) is 0 Å². The third kappa shape index (κ3) is 4.41. The fraction of sp³-hybridized carbons (Fsp3) is 0.579. The van der Waals surface area contributed by atoms with E-state index in [0.717, 1.165) is 38.2 Å². The second kappa shape index (κ2) is 9.01. The highest BCUT2D eigenvalue weighted by molar-refractivity contribution is 5.93. The van der Waals surface area contributed by atoms with Crippen molar-refractivity contribution < 1.29 is 4.79 Å². The number of hydrogen-bond donors (Lipinski definition) is 1. The molecule has 1 aliphatic rings. The van der Waals surface area contributed by atoms with E-state index in [2.05, 4.69) is 15.3 Å². The van der Waals surface area contributed by atoms with Gasteiger partial charge in [0, 0.05) is 50.0 Å². The van der Waals surface area contributed by atoms with Gasteiger partial charge in [0.2, 0.25) is 5.91 Å². The molecule has 9 heteroatoms. The SMILES string of the molecule is CCC(=O)N(c1ccc(N)cc1)C1CCN(CCn2nnn(CC)c2=O)CC1. The molecule has 0 spiro atoms. The van der Waals surface area contributed by atoms with Crippen molar-refractivity contribution in [2.24, 2.45) is 0 Å². The number of amides is 1. The Balaban J connectivity index is 1.59. The van der Waals surface area contributed by atoms with Crippen LogP contribution in [0.5, 0.6) is 0 Å². The lowest BCUT2D eigenvalue weighted by Crippen LogP contribution is -2.48. The van der Waals surface area contributed by atoms with Gasteiger partial charge in [-0.1, -0.05) is 6.92 Å². The predicted octanol–water partition coefficient (Wildman–Crippen LogP) is 0.950. The maximum atomic E-state index is 12.6. The lowest BCUT2D eigenvalue weighted by atomic mass is 10.0. The minimum Gasteiger partial charge on any atom is -0.399 e. The maximum Gasteiger partial charge on any atom is 0.363 e. The van der Waals surface area contributed by atoms with Crippen molar-refractivity contribution >= 4 is 17.3 Å². The highest BCUT2D eigenvalue weighted by Crippen LogP contribution is 2.25. The average Bonchev–Trinajstić information content (AvgIpc) is 3.08. The van der Waals surface area contributed by atoms with Crippen LogP contribution < -0.4 is 16.3 Å². The average molecular weight is 387 g/mol. The monoisotopic (exact) mass is 387 g/mol. The Morgan fingerprint density at radius 2 is 1.75 bits per heavy atom. The lowest BCUT2D eigenvalue weighted by Gasteiger charge is -2.38. The highest BCUT2D eigenvalue weighted by Gasteiger charge is 2.28. The second-order valence-corrected chi connectivity index (χ2v) is 7.08. The number of aromatic nitrogens is 4. The molecule has 1 aromatic carbocycles. The summed E-state index contributed by atoms with van der Waals surface area (Å²) in [6, 6.07) is 7.68. The van der Waals surface area contributed by atoms with Crippen molar-refractivity contribution in [3.63, 3.8) is 0 Å². The first-order valence-electron chi connectivity index (χ1n) is 9.94. The van der Waals surface area contributed by atoms with Gasteiger partial charge in [-0.2, -0.15) is 9.36 Å². The number of likely N-dealkylation sites (tertiary alicyclic amines) is 1. The smallest absolute Gasteiger partial charge is 0.363 e. The van der Waals surface area contributed by atoms with Crippen molar-refractivity contribution in [3.8, 4) is 0 Å². The van der Waals surface area contributed by atoms with Crippen molar-refractivity contribution in [1.29, 1.82) is 0 Å². The van der Waals surface area contributed by atoms with E-state index in [1.165, 1.54) is 9.36 Å². The fourth-order valence-electron chi connectivity index (χ4n) is 3.65. The molecule has 0 saturated carbocycles. The predicted molar refractivity (Wildman–Crippen MR) is 108 cm³/mol. The van der Waals surface area contributed by atoms with E-state index >= 15 is 0 Å². The van der Waals surface area contributed by atoms with Gasteiger partial charge in [0.25, 0.3) is 0 Å². The number of carbonyl (C=O) groups is 1. The van der Waals surface area contributed by atoms with E-state index in [9.17, 15) is 9.59 Å². The number of benzene rings is 1. The molecule has 0 radical (unpaired) electrons. The molecular weight excluding hydrogens is 358 g/mol. The quantitative estimate of drug-likeness (QED) is 0.710.